The molecule has 0 saturated heterocycles. The first kappa shape index (κ1) is 24.3. The number of benzene rings is 2. The van der Waals surface area contributed by atoms with E-state index in [0.717, 1.165) is 24.0 Å². The van der Waals surface area contributed by atoms with Crippen molar-refractivity contribution in [3.05, 3.63) is 131 Å². The minimum Gasteiger partial charge on any atom is -0.265 e. The number of hydrogen-bond donors (Lipinski definition) is 0. The molecule has 2 aromatic heterocycles. The molecule has 2 aromatic carbocycles. The van der Waals surface area contributed by atoms with Gasteiger partial charge in [0.2, 0.25) is 0 Å². The molecule has 2 heterocycles. The third-order valence-electron chi connectivity index (χ3n) is 6.50. The highest BCUT2D eigenvalue weighted by atomic mass is 14.6. The Morgan fingerprint density at radius 1 is 0.514 bits per heavy atom. The third kappa shape index (κ3) is 7.61. The van der Waals surface area contributed by atoms with Crippen LogP contribution in [-0.4, -0.2) is 9.97 Å². The van der Waals surface area contributed by atoms with Crippen LogP contribution in [0.3, 0.4) is 0 Å². The molecule has 4 aromatic rings. The standard InChI is InChI=1S/C33H34N2/c1-33(2,3)32(24-30-12-8-26(9-13-30)4-6-28-16-20-34-21-17-28)25-31-14-10-27(11-15-31)5-7-29-18-22-35-23-19-29/h4-23,32H,24-25H2,1-3H3/b6-4+,7-5+. The van der Waals surface area contributed by atoms with Crippen molar-refractivity contribution >= 4 is 24.3 Å². The zero-order valence-corrected chi connectivity index (χ0v) is 20.9. The van der Waals surface area contributed by atoms with E-state index in [1.165, 1.54) is 22.3 Å². The fraction of sp³-hybridized carbons (Fsp3) is 0.212. The predicted molar refractivity (Wildman–Crippen MR) is 150 cm³/mol. The van der Waals surface area contributed by atoms with Gasteiger partial charge in [-0.3, -0.25) is 9.97 Å². The van der Waals surface area contributed by atoms with E-state index < -0.39 is 0 Å². The zero-order valence-electron chi connectivity index (χ0n) is 20.9. The lowest BCUT2D eigenvalue weighted by atomic mass is 9.74. The van der Waals surface area contributed by atoms with E-state index in [2.05, 4.69) is 104 Å². The molecule has 0 spiro atoms. The Morgan fingerprint density at radius 2 is 0.829 bits per heavy atom. The van der Waals surface area contributed by atoms with Crippen molar-refractivity contribution in [2.75, 3.05) is 0 Å². The Bertz CT molecular complexity index is 1140. The van der Waals surface area contributed by atoms with Gasteiger partial charge in [-0.15, -0.1) is 0 Å². The highest BCUT2D eigenvalue weighted by Gasteiger charge is 2.25. The van der Waals surface area contributed by atoms with Crippen LogP contribution >= 0.6 is 0 Å². The molecule has 0 aliphatic heterocycles. The quantitative estimate of drug-likeness (QED) is 0.265. The van der Waals surface area contributed by atoms with Gasteiger partial charge < -0.3 is 0 Å². The van der Waals surface area contributed by atoms with E-state index >= 15 is 0 Å². The fourth-order valence-electron chi connectivity index (χ4n) is 4.12. The zero-order chi connectivity index (χ0) is 24.5. The van der Waals surface area contributed by atoms with Gasteiger partial charge in [-0.05, 0) is 81.8 Å². The molecule has 0 N–H and O–H groups in total. The summed E-state index contributed by atoms with van der Waals surface area (Å²) in [5.74, 6) is 0.555. The Labute approximate surface area is 210 Å². The summed E-state index contributed by atoms with van der Waals surface area (Å²) in [6.45, 7) is 7.07. The van der Waals surface area contributed by atoms with Crippen LogP contribution in [-0.2, 0) is 12.8 Å². The molecular weight excluding hydrogens is 424 g/mol. The first-order chi connectivity index (χ1) is 17.0. The van der Waals surface area contributed by atoms with Crippen LogP contribution < -0.4 is 0 Å². The predicted octanol–water partition coefficient (Wildman–Crippen LogP) is 8.26. The van der Waals surface area contributed by atoms with Gasteiger partial charge in [0.1, 0.15) is 0 Å². The monoisotopic (exact) mass is 458 g/mol. The van der Waals surface area contributed by atoms with Crippen LogP contribution in [0.25, 0.3) is 24.3 Å². The Balaban J connectivity index is 1.39. The van der Waals surface area contributed by atoms with Crippen molar-refractivity contribution in [3.63, 3.8) is 0 Å². The molecule has 0 bridgehead atoms. The Morgan fingerprint density at radius 3 is 1.14 bits per heavy atom. The summed E-state index contributed by atoms with van der Waals surface area (Å²) in [6, 6.07) is 26.0. The minimum absolute atomic E-state index is 0.222. The van der Waals surface area contributed by atoms with Crippen LogP contribution in [0.5, 0.6) is 0 Å². The molecule has 2 nitrogen and oxygen atoms in total. The molecule has 0 unspecified atom stereocenters. The van der Waals surface area contributed by atoms with E-state index in [9.17, 15) is 0 Å². The maximum Gasteiger partial charge on any atom is 0.0273 e. The van der Waals surface area contributed by atoms with Gasteiger partial charge in [-0.1, -0.05) is 93.6 Å². The summed E-state index contributed by atoms with van der Waals surface area (Å²) in [7, 11) is 0. The van der Waals surface area contributed by atoms with Crippen LogP contribution in [0, 0.1) is 11.3 Å². The first-order valence-electron chi connectivity index (χ1n) is 12.3. The number of aromatic nitrogens is 2. The molecule has 0 radical (unpaired) electrons. The summed E-state index contributed by atoms with van der Waals surface area (Å²) in [5, 5.41) is 0. The summed E-state index contributed by atoms with van der Waals surface area (Å²) in [6.07, 6.45) is 18.0. The van der Waals surface area contributed by atoms with Crippen LogP contribution in [0.4, 0.5) is 0 Å². The molecule has 0 amide bonds. The van der Waals surface area contributed by atoms with Gasteiger partial charge in [0, 0.05) is 24.8 Å². The Hall–Kier alpha value is -3.78. The van der Waals surface area contributed by atoms with E-state index in [4.69, 9.17) is 0 Å². The van der Waals surface area contributed by atoms with Gasteiger partial charge in [0.05, 0.1) is 0 Å². The van der Waals surface area contributed by atoms with E-state index in [1.807, 2.05) is 49.1 Å². The lowest BCUT2D eigenvalue weighted by Crippen LogP contribution is -2.25. The maximum absolute atomic E-state index is 4.07. The fourth-order valence-corrected chi connectivity index (χ4v) is 4.12. The second-order valence-electron chi connectivity index (χ2n) is 10.2. The smallest absolute Gasteiger partial charge is 0.0273 e. The molecular formula is C33H34N2. The summed E-state index contributed by atoms with van der Waals surface area (Å²) in [5.41, 5.74) is 7.76. The second kappa shape index (κ2) is 11.6. The lowest BCUT2D eigenvalue weighted by Gasteiger charge is -2.31. The summed E-state index contributed by atoms with van der Waals surface area (Å²) >= 11 is 0. The molecule has 4 rings (SSSR count). The molecule has 0 aliphatic carbocycles. The average Bonchev–Trinajstić information content (AvgIpc) is 2.88. The summed E-state index contributed by atoms with van der Waals surface area (Å²) < 4.78 is 0. The molecule has 0 atom stereocenters. The molecule has 35 heavy (non-hydrogen) atoms. The van der Waals surface area contributed by atoms with Crippen molar-refractivity contribution in [1.29, 1.82) is 0 Å². The highest BCUT2D eigenvalue weighted by Crippen LogP contribution is 2.32. The number of hydrogen-bond acceptors (Lipinski definition) is 2. The lowest BCUT2D eigenvalue weighted by molar-refractivity contribution is 0.237. The first-order valence-corrected chi connectivity index (χ1v) is 12.3. The van der Waals surface area contributed by atoms with Crippen molar-refractivity contribution in [2.45, 2.75) is 33.6 Å². The molecule has 0 aliphatic rings. The third-order valence-corrected chi connectivity index (χ3v) is 6.50. The number of nitrogens with zero attached hydrogens (tertiary/aromatic N) is 2. The highest BCUT2D eigenvalue weighted by molar-refractivity contribution is 5.70. The largest absolute Gasteiger partial charge is 0.265 e. The summed E-state index contributed by atoms with van der Waals surface area (Å²) in [4.78, 5) is 8.15. The van der Waals surface area contributed by atoms with Crippen LogP contribution in [0.15, 0.2) is 97.6 Å². The SMILES string of the molecule is CC(C)(C)C(Cc1ccc(/C=C/c2ccncc2)cc1)Cc1ccc(/C=C/c2ccncc2)cc1. The minimum atomic E-state index is 0.222. The van der Waals surface area contributed by atoms with Crippen molar-refractivity contribution in [2.24, 2.45) is 11.3 Å². The maximum atomic E-state index is 4.07. The number of pyridine rings is 2. The second-order valence-corrected chi connectivity index (χ2v) is 10.2. The molecule has 0 fully saturated rings. The molecule has 0 saturated carbocycles. The van der Waals surface area contributed by atoms with Gasteiger partial charge >= 0.3 is 0 Å². The van der Waals surface area contributed by atoms with Gasteiger partial charge in [-0.25, -0.2) is 0 Å². The van der Waals surface area contributed by atoms with Crippen molar-refractivity contribution < 1.29 is 0 Å². The normalized spacial score (nSPS) is 12.1. The van der Waals surface area contributed by atoms with Crippen LogP contribution in [0.1, 0.15) is 54.2 Å². The van der Waals surface area contributed by atoms with Crippen LogP contribution in [0.2, 0.25) is 0 Å². The van der Waals surface area contributed by atoms with Gasteiger partial charge in [0.25, 0.3) is 0 Å². The molecule has 2 heteroatoms. The average molecular weight is 459 g/mol. The van der Waals surface area contributed by atoms with E-state index in [1.54, 1.807) is 0 Å². The van der Waals surface area contributed by atoms with Gasteiger partial charge in [-0.2, -0.15) is 0 Å². The number of rotatable bonds is 8. The van der Waals surface area contributed by atoms with E-state index in [-0.39, 0.29) is 5.41 Å². The van der Waals surface area contributed by atoms with Crippen molar-refractivity contribution in [3.8, 4) is 0 Å². The van der Waals surface area contributed by atoms with E-state index in [0.29, 0.717) is 5.92 Å². The topological polar surface area (TPSA) is 25.8 Å². The Kier molecular flexibility index (Phi) is 8.05. The van der Waals surface area contributed by atoms with Crippen molar-refractivity contribution in [1.82, 2.24) is 9.97 Å². The molecule has 176 valence electrons. The van der Waals surface area contributed by atoms with Gasteiger partial charge in [0.15, 0.2) is 0 Å².